The van der Waals surface area contributed by atoms with Gasteiger partial charge in [0, 0.05) is 6.20 Å². The molecule has 0 saturated heterocycles. The van der Waals surface area contributed by atoms with E-state index >= 15 is 0 Å². The van der Waals surface area contributed by atoms with Gasteiger partial charge >= 0.3 is 0 Å². The van der Waals surface area contributed by atoms with E-state index in [1.165, 1.54) is 6.07 Å². The fourth-order valence-corrected chi connectivity index (χ4v) is 0.865. The summed E-state index contributed by atoms with van der Waals surface area (Å²) in [4.78, 5) is 24.9. The minimum absolute atomic E-state index is 0.277. The average molecular weight is 271 g/mol. The average Bonchev–Trinajstić information content (AvgIpc) is 2.64. The third-order valence-electron chi connectivity index (χ3n) is 1.39. The molecular weight excluding hydrogens is 264 g/mol. The number of alkyl halides is 3. The summed E-state index contributed by atoms with van der Waals surface area (Å²) in [5.74, 6) is -1.48. The number of hydrogen-bond acceptors (Lipinski definition) is 2. The van der Waals surface area contributed by atoms with Crippen LogP contribution >= 0.6 is 34.8 Å². The van der Waals surface area contributed by atoms with Gasteiger partial charge in [-0.2, -0.15) is 0 Å². The molecule has 2 amide bonds. The Bertz CT molecular complexity index is 358. The number of halogens is 3. The van der Waals surface area contributed by atoms with E-state index in [-0.39, 0.29) is 5.69 Å². The molecule has 0 radical (unpaired) electrons. The van der Waals surface area contributed by atoms with Gasteiger partial charge in [0.15, 0.2) is 0 Å². The van der Waals surface area contributed by atoms with Crippen LogP contribution in [0.2, 0.25) is 0 Å². The van der Waals surface area contributed by atoms with Crippen LogP contribution in [-0.2, 0) is 4.79 Å². The third kappa shape index (κ3) is 3.62. The zero-order valence-electron chi connectivity index (χ0n) is 7.18. The second kappa shape index (κ2) is 4.74. The molecule has 0 aliphatic carbocycles. The van der Waals surface area contributed by atoms with Crippen LogP contribution in [0.5, 0.6) is 0 Å². The van der Waals surface area contributed by atoms with E-state index < -0.39 is 15.6 Å². The van der Waals surface area contributed by atoms with Crippen molar-refractivity contribution in [2.45, 2.75) is 3.79 Å². The second-order valence-corrected chi connectivity index (χ2v) is 4.77. The Morgan fingerprint density at radius 3 is 2.40 bits per heavy atom. The van der Waals surface area contributed by atoms with Crippen LogP contribution < -0.4 is 10.9 Å². The number of hydrogen-bond donors (Lipinski definition) is 3. The van der Waals surface area contributed by atoms with Crippen molar-refractivity contribution in [3.8, 4) is 0 Å². The highest BCUT2D eigenvalue weighted by atomic mass is 35.6. The van der Waals surface area contributed by atoms with Crippen molar-refractivity contribution in [1.29, 1.82) is 0 Å². The molecule has 0 aromatic carbocycles. The molecule has 5 nitrogen and oxygen atoms in total. The minimum atomic E-state index is -2.11. The van der Waals surface area contributed by atoms with Crippen LogP contribution in [-0.4, -0.2) is 20.6 Å². The first-order chi connectivity index (χ1) is 6.91. The Morgan fingerprint density at radius 2 is 1.93 bits per heavy atom. The lowest BCUT2D eigenvalue weighted by Gasteiger charge is -2.11. The molecule has 82 valence electrons. The van der Waals surface area contributed by atoms with Crippen molar-refractivity contribution in [2.75, 3.05) is 0 Å². The number of rotatable bonds is 1. The van der Waals surface area contributed by atoms with Gasteiger partial charge in [-0.25, -0.2) is 0 Å². The summed E-state index contributed by atoms with van der Waals surface area (Å²) in [5.41, 5.74) is 4.30. The Morgan fingerprint density at radius 1 is 1.27 bits per heavy atom. The summed E-state index contributed by atoms with van der Waals surface area (Å²) in [6.07, 6.45) is 1.56. The van der Waals surface area contributed by atoms with Gasteiger partial charge in [-0.15, -0.1) is 0 Å². The number of H-pyrrole nitrogens is 1. The summed E-state index contributed by atoms with van der Waals surface area (Å²) in [7, 11) is 0. The molecule has 0 spiro atoms. The zero-order chi connectivity index (χ0) is 11.5. The molecule has 0 fully saturated rings. The molecule has 0 bridgehead atoms. The van der Waals surface area contributed by atoms with Crippen LogP contribution in [0.25, 0.3) is 0 Å². The highest BCUT2D eigenvalue weighted by Crippen LogP contribution is 2.25. The SMILES string of the molecule is O=C(NNC(=O)C(Cl)(Cl)Cl)c1ccc[nH]1. The number of carbonyl (C=O) groups is 2. The molecule has 0 saturated carbocycles. The van der Waals surface area contributed by atoms with Crippen molar-refractivity contribution in [3.05, 3.63) is 24.0 Å². The lowest BCUT2D eigenvalue weighted by atomic mass is 10.4. The fourth-order valence-electron chi connectivity index (χ4n) is 0.723. The van der Waals surface area contributed by atoms with Crippen LogP contribution in [0.3, 0.4) is 0 Å². The van der Waals surface area contributed by atoms with Crippen molar-refractivity contribution >= 4 is 46.6 Å². The predicted molar refractivity (Wildman–Crippen MR) is 56.7 cm³/mol. The number of aromatic nitrogens is 1. The van der Waals surface area contributed by atoms with Crippen LogP contribution in [0.4, 0.5) is 0 Å². The molecule has 0 atom stereocenters. The van der Waals surface area contributed by atoms with Gasteiger partial charge in [0.05, 0.1) is 0 Å². The molecule has 3 N–H and O–H groups in total. The van der Waals surface area contributed by atoms with Crippen molar-refractivity contribution in [2.24, 2.45) is 0 Å². The molecule has 0 aliphatic rings. The van der Waals surface area contributed by atoms with E-state index in [0.717, 1.165) is 0 Å². The van der Waals surface area contributed by atoms with Gasteiger partial charge in [0.2, 0.25) is 0 Å². The van der Waals surface area contributed by atoms with Gasteiger partial charge in [-0.3, -0.25) is 20.4 Å². The standard InChI is InChI=1S/C7H6Cl3N3O2/c8-7(9,10)6(15)13-12-5(14)4-2-1-3-11-4/h1-3,11H,(H,12,14)(H,13,15). The fraction of sp³-hybridized carbons (Fsp3) is 0.143. The maximum atomic E-state index is 11.3. The first kappa shape index (κ1) is 12.2. The summed E-state index contributed by atoms with van der Waals surface area (Å²) in [5, 5.41) is 0. The molecule has 15 heavy (non-hydrogen) atoms. The summed E-state index contributed by atoms with van der Waals surface area (Å²) in [6.45, 7) is 0. The molecule has 1 aromatic heterocycles. The van der Waals surface area contributed by atoms with Gasteiger partial charge in [0.25, 0.3) is 15.6 Å². The number of nitrogens with one attached hydrogen (secondary N) is 3. The highest BCUT2D eigenvalue weighted by molar-refractivity contribution is 6.76. The van der Waals surface area contributed by atoms with E-state index in [1.807, 2.05) is 5.43 Å². The van der Waals surface area contributed by atoms with E-state index in [9.17, 15) is 9.59 Å². The van der Waals surface area contributed by atoms with E-state index in [2.05, 4.69) is 10.4 Å². The van der Waals surface area contributed by atoms with Crippen molar-refractivity contribution in [3.63, 3.8) is 0 Å². The molecule has 0 unspecified atom stereocenters. The molecule has 0 aliphatic heterocycles. The van der Waals surface area contributed by atoms with E-state index in [1.54, 1.807) is 12.3 Å². The Kier molecular flexibility index (Phi) is 3.84. The van der Waals surface area contributed by atoms with Gasteiger partial charge in [0.1, 0.15) is 5.69 Å². The van der Waals surface area contributed by atoms with Gasteiger partial charge < -0.3 is 4.98 Å². The normalized spacial score (nSPS) is 10.9. The van der Waals surface area contributed by atoms with Crippen LogP contribution in [0.1, 0.15) is 10.5 Å². The van der Waals surface area contributed by atoms with Crippen LogP contribution in [0.15, 0.2) is 18.3 Å². The summed E-state index contributed by atoms with van der Waals surface area (Å²) >= 11 is 15.8. The Balaban J connectivity index is 2.45. The maximum Gasteiger partial charge on any atom is 0.290 e. The Labute approximate surface area is 100 Å². The first-order valence-electron chi connectivity index (χ1n) is 3.72. The highest BCUT2D eigenvalue weighted by Gasteiger charge is 2.30. The lowest BCUT2D eigenvalue weighted by Crippen LogP contribution is -2.46. The topological polar surface area (TPSA) is 74.0 Å². The maximum absolute atomic E-state index is 11.3. The number of hydrazine groups is 1. The summed E-state index contributed by atoms with van der Waals surface area (Å²) in [6, 6.07) is 3.16. The molecule has 1 aromatic rings. The number of amides is 2. The van der Waals surface area contributed by atoms with Crippen LogP contribution in [0, 0.1) is 0 Å². The lowest BCUT2D eigenvalue weighted by molar-refractivity contribution is -0.120. The second-order valence-electron chi connectivity index (χ2n) is 2.49. The van der Waals surface area contributed by atoms with Gasteiger partial charge in [-0.05, 0) is 12.1 Å². The van der Waals surface area contributed by atoms with E-state index in [0.29, 0.717) is 0 Å². The number of carbonyl (C=O) groups excluding carboxylic acids is 2. The third-order valence-corrected chi connectivity index (χ3v) is 1.90. The van der Waals surface area contributed by atoms with Crippen molar-refractivity contribution in [1.82, 2.24) is 15.8 Å². The Hall–Kier alpha value is -0.910. The molecule has 1 heterocycles. The predicted octanol–water partition coefficient (Wildman–Crippen LogP) is 1.15. The smallest absolute Gasteiger partial charge is 0.290 e. The van der Waals surface area contributed by atoms with Gasteiger partial charge in [-0.1, -0.05) is 34.8 Å². The first-order valence-corrected chi connectivity index (χ1v) is 4.85. The molecule has 8 heteroatoms. The minimum Gasteiger partial charge on any atom is -0.357 e. The molecule has 1 rings (SSSR count). The zero-order valence-corrected chi connectivity index (χ0v) is 9.45. The monoisotopic (exact) mass is 269 g/mol. The quantitative estimate of drug-likeness (QED) is 0.529. The van der Waals surface area contributed by atoms with E-state index in [4.69, 9.17) is 34.8 Å². The molecular formula is C7H6Cl3N3O2. The number of aromatic amines is 1. The summed E-state index contributed by atoms with van der Waals surface area (Å²) < 4.78 is -2.11. The largest absolute Gasteiger partial charge is 0.357 e. The van der Waals surface area contributed by atoms with Crippen molar-refractivity contribution < 1.29 is 9.59 Å².